The van der Waals surface area contributed by atoms with Crippen molar-refractivity contribution in [3.05, 3.63) is 11.9 Å². The number of amides is 2. The molecular formula is C11H19N5O3. The van der Waals surface area contributed by atoms with Gasteiger partial charge in [-0.2, -0.15) is 0 Å². The summed E-state index contributed by atoms with van der Waals surface area (Å²) in [5.41, 5.74) is 0.514. The van der Waals surface area contributed by atoms with Crippen molar-refractivity contribution in [2.75, 3.05) is 6.54 Å². The Kier molecular flexibility index (Phi) is 5.77. The van der Waals surface area contributed by atoms with E-state index in [-0.39, 0.29) is 19.1 Å². The number of nitrogens with one attached hydrogen (secondary N) is 2. The Morgan fingerprint density at radius 3 is 2.79 bits per heavy atom. The van der Waals surface area contributed by atoms with Gasteiger partial charge >= 0.3 is 12.0 Å². The number of aliphatic carboxylic acids is 1. The third kappa shape index (κ3) is 6.39. The van der Waals surface area contributed by atoms with Gasteiger partial charge in [0.1, 0.15) is 12.2 Å². The maximum Gasteiger partial charge on any atom is 0.325 e. The van der Waals surface area contributed by atoms with E-state index < -0.39 is 5.97 Å². The van der Waals surface area contributed by atoms with E-state index in [1.807, 2.05) is 0 Å². The first-order valence-electron chi connectivity index (χ1n) is 6.10. The summed E-state index contributed by atoms with van der Waals surface area (Å²) in [7, 11) is 0. The highest BCUT2D eigenvalue weighted by Crippen LogP contribution is 1.96. The summed E-state index contributed by atoms with van der Waals surface area (Å²) in [4.78, 5) is 21.9. The molecule has 0 aliphatic heterocycles. The molecule has 1 rings (SSSR count). The van der Waals surface area contributed by atoms with E-state index in [0.717, 1.165) is 6.42 Å². The number of carboxylic acid groups (broad SMARTS) is 1. The number of carbonyl (C=O) groups is 2. The summed E-state index contributed by atoms with van der Waals surface area (Å²) < 4.78 is 1.20. The Bertz CT molecular complexity index is 430. The normalized spacial score (nSPS) is 10.5. The van der Waals surface area contributed by atoms with Crippen molar-refractivity contribution in [1.29, 1.82) is 0 Å². The smallest absolute Gasteiger partial charge is 0.325 e. The highest BCUT2D eigenvalue weighted by Gasteiger charge is 2.06. The first-order valence-corrected chi connectivity index (χ1v) is 6.10. The largest absolute Gasteiger partial charge is 0.480 e. The minimum Gasteiger partial charge on any atom is -0.480 e. The van der Waals surface area contributed by atoms with Crippen LogP contribution in [-0.4, -0.2) is 38.6 Å². The summed E-state index contributed by atoms with van der Waals surface area (Å²) in [6, 6.07) is -0.270. The van der Waals surface area contributed by atoms with Crippen molar-refractivity contribution in [2.45, 2.75) is 33.4 Å². The van der Waals surface area contributed by atoms with Crippen LogP contribution in [0.2, 0.25) is 0 Å². The molecule has 0 atom stereocenters. The number of nitrogens with zero attached hydrogens (tertiary/aromatic N) is 3. The lowest BCUT2D eigenvalue weighted by atomic mass is 10.1. The molecule has 0 unspecified atom stereocenters. The van der Waals surface area contributed by atoms with Gasteiger partial charge < -0.3 is 15.7 Å². The molecule has 8 heteroatoms. The molecular weight excluding hydrogens is 250 g/mol. The Hall–Kier alpha value is -2.12. The number of hydrogen-bond acceptors (Lipinski definition) is 4. The van der Waals surface area contributed by atoms with Crippen LogP contribution in [0.3, 0.4) is 0 Å². The van der Waals surface area contributed by atoms with Gasteiger partial charge in [0, 0.05) is 6.54 Å². The van der Waals surface area contributed by atoms with Gasteiger partial charge in [-0.3, -0.25) is 4.79 Å². The fourth-order valence-electron chi connectivity index (χ4n) is 1.34. The summed E-state index contributed by atoms with van der Waals surface area (Å²) in [5, 5.41) is 21.3. The third-order valence-corrected chi connectivity index (χ3v) is 2.32. The zero-order valence-electron chi connectivity index (χ0n) is 11.1. The molecule has 1 aromatic rings. The van der Waals surface area contributed by atoms with Crippen molar-refractivity contribution >= 4 is 12.0 Å². The average molecular weight is 269 g/mol. The Morgan fingerprint density at radius 2 is 2.16 bits per heavy atom. The summed E-state index contributed by atoms with van der Waals surface area (Å²) >= 11 is 0. The van der Waals surface area contributed by atoms with Gasteiger partial charge in [0.25, 0.3) is 0 Å². The predicted octanol–water partition coefficient (Wildman–Crippen LogP) is 0.208. The SMILES string of the molecule is CC(C)CCNC(=O)NCc1cn(CC(=O)O)nn1. The minimum atomic E-state index is -0.990. The van der Waals surface area contributed by atoms with Crippen molar-refractivity contribution in [3.8, 4) is 0 Å². The second kappa shape index (κ2) is 7.34. The number of urea groups is 1. The molecule has 1 heterocycles. The van der Waals surface area contributed by atoms with E-state index in [9.17, 15) is 9.59 Å². The van der Waals surface area contributed by atoms with Crippen molar-refractivity contribution in [1.82, 2.24) is 25.6 Å². The number of rotatable bonds is 7. The lowest BCUT2D eigenvalue weighted by Gasteiger charge is -2.07. The predicted molar refractivity (Wildman–Crippen MR) is 67.4 cm³/mol. The van der Waals surface area contributed by atoms with Crippen LogP contribution >= 0.6 is 0 Å². The zero-order chi connectivity index (χ0) is 14.3. The third-order valence-electron chi connectivity index (χ3n) is 2.32. The van der Waals surface area contributed by atoms with Gasteiger partial charge in [-0.05, 0) is 12.3 Å². The molecule has 1 aromatic heterocycles. The van der Waals surface area contributed by atoms with Gasteiger partial charge in [0.2, 0.25) is 0 Å². The summed E-state index contributed by atoms with van der Waals surface area (Å²) in [6.45, 7) is 4.76. The molecule has 2 amide bonds. The minimum absolute atomic E-state index is 0.215. The van der Waals surface area contributed by atoms with Crippen LogP contribution in [0.5, 0.6) is 0 Å². The summed E-state index contributed by atoms with van der Waals surface area (Å²) in [5.74, 6) is -0.452. The average Bonchev–Trinajstić information content (AvgIpc) is 2.72. The highest BCUT2D eigenvalue weighted by atomic mass is 16.4. The molecule has 0 saturated heterocycles. The maximum absolute atomic E-state index is 11.4. The Labute approximate surface area is 111 Å². The lowest BCUT2D eigenvalue weighted by Crippen LogP contribution is -2.36. The highest BCUT2D eigenvalue weighted by molar-refractivity contribution is 5.73. The molecule has 0 bridgehead atoms. The van der Waals surface area contributed by atoms with Crippen molar-refractivity contribution in [2.24, 2.45) is 5.92 Å². The molecule has 0 aliphatic carbocycles. The molecule has 0 aromatic carbocycles. The van der Waals surface area contributed by atoms with Gasteiger partial charge in [-0.1, -0.05) is 19.1 Å². The molecule has 0 aliphatic rings. The van der Waals surface area contributed by atoms with E-state index in [4.69, 9.17) is 5.11 Å². The van der Waals surface area contributed by atoms with E-state index >= 15 is 0 Å². The molecule has 0 spiro atoms. The summed E-state index contributed by atoms with van der Waals surface area (Å²) in [6.07, 6.45) is 2.41. The quantitative estimate of drug-likeness (QED) is 0.655. The van der Waals surface area contributed by atoms with Gasteiger partial charge in [0.15, 0.2) is 0 Å². The van der Waals surface area contributed by atoms with Crippen molar-refractivity contribution < 1.29 is 14.7 Å². The molecule has 106 valence electrons. The number of hydrogen-bond donors (Lipinski definition) is 3. The first kappa shape index (κ1) is 14.9. The van der Waals surface area contributed by atoms with Crippen LogP contribution < -0.4 is 10.6 Å². The topological polar surface area (TPSA) is 109 Å². The van der Waals surface area contributed by atoms with E-state index in [2.05, 4.69) is 34.8 Å². The van der Waals surface area contributed by atoms with Gasteiger partial charge in [-0.15, -0.1) is 5.10 Å². The maximum atomic E-state index is 11.4. The standard InChI is InChI=1S/C11H19N5O3/c1-8(2)3-4-12-11(19)13-5-9-6-16(15-14-9)7-10(17)18/h6,8H,3-5,7H2,1-2H3,(H,17,18)(H2,12,13,19). The number of carbonyl (C=O) groups excluding carboxylic acids is 1. The van der Waals surface area contributed by atoms with Crippen LogP contribution in [0.25, 0.3) is 0 Å². The van der Waals surface area contributed by atoms with Crippen LogP contribution in [-0.2, 0) is 17.9 Å². The fourth-order valence-corrected chi connectivity index (χ4v) is 1.34. The molecule has 0 saturated carbocycles. The zero-order valence-corrected chi connectivity index (χ0v) is 11.1. The first-order chi connectivity index (χ1) is 8.97. The molecule has 8 nitrogen and oxygen atoms in total. The Morgan fingerprint density at radius 1 is 1.42 bits per heavy atom. The van der Waals surface area contributed by atoms with E-state index in [0.29, 0.717) is 18.2 Å². The van der Waals surface area contributed by atoms with Crippen molar-refractivity contribution in [3.63, 3.8) is 0 Å². The fraction of sp³-hybridized carbons (Fsp3) is 0.636. The number of aromatic nitrogens is 3. The monoisotopic (exact) mass is 269 g/mol. The molecule has 3 N–H and O–H groups in total. The molecule has 0 radical (unpaired) electrons. The van der Waals surface area contributed by atoms with Gasteiger partial charge in [-0.25, -0.2) is 9.48 Å². The molecule has 19 heavy (non-hydrogen) atoms. The Balaban J connectivity index is 2.26. The van der Waals surface area contributed by atoms with Gasteiger partial charge in [0.05, 0.1) is 12.7 Å². The van der Waals surface area contributed by atoms with Crippen LogP contribution in [0.1, 0.15) is 26.0 Å². The van der Waals surface area contributed by atoms with Crippen LogP contribution in [0.4, 0.5) is 4.79 Å². The van der Waals surface area contributed by atoms with E-state index in [1.165, 1.54) is 10.9 Å². The number of carboxylic acids is 1. The second-order valence-electron chi connectivity index (χ2n) is 4.59. The van der Waals surface area contributed by atoms with Crippen LogP contribution in [0, 0.1) is 5.92 Å². The lowest BCUT2D eigenvalue weighted by molar-refractivity contribution is -0.137. The second-order valence-corrected chi connectivity index (χ2v) is 4.59. The molecule has 0 fully saturated rings. The van der Waals surface area contributed by atoms with E-state index in [1.54, 1.807) is 0 Å². The van der Waals surface area contributed by atoms with Crippen LogP contribution in [0.15, 0.2) is 6.20 Å².